The number of aliphatic hydroxyl groups excluding tert-OH is 1. The highest BCUT2D eigenvalue weighted by Gasteiger charge is 2.16. The Balaban J connectivity index is 2.00. The van der Waals surface area contributed by atoms with Crippen LogP contribution in [0.15, 0.2) is 18.2 Å². The lowest BCUT2D eigenvalue weighted by Gasteiger charge is -2.21. The maximum Gasteiger partial charge on any atom is 0.317 e. The third-order valence-corrected chi connectivity index (χ3v) is 3.68. The topological polar surface area (TPSA) is 81.2 Å². The quantitative estimate of drug-likeness (QED) is 0.791. The van der Waals surface area contributed by atoms with Crippen LogP contribution in [0.4, 0.5) is 4.79 Å². The second-order valence-corrected chi connectivity index (χ2v) is 5.95. The van der Waals surface area contributed by atoms with Crippen LogP contribution in [0.1, 0.15) is 32.1 Å². The molecule has 3 N–H and O–H groups in total. The number of aromatic amines is 1. The fraction of sp³-hybridized carbons (Fsp3) is 0.467. The molecule has 0 spiro atoms. The third kappa shape index (κ3) is 4.11. The van der Waals surface area contributed by atoms with Crippen LogP contribution in [0.2, 0.25) is 5.02 Å². The van der Waals surface area contributed by atoms with Crippen LogP contribution < -0.4 is 5.32 Å². The van der Waals surface area contributed by atoms with E-state index in [-0.39, 0.29) is 12.1 Å². The van der Waals surface area contributed by atoms with E-state index >= 15 is 0 Å². The number of H-pyrrole nitrogens is 1. The molecule has 0 aliphatic carbocycles. The first-order valence-corrected chi connectivity index (χ1v) is 7.59. The van der Waals surface area contributed by atoms with Gasteiger partial charge < -0.3 is 20.3 Å². The van der Waals surface area contributed by atoms with Gasteiger partial charge in [0.1, 0.15) is 5.82 Å². The minimum atomic E-state index is -0.423. The molecule has 7 heteroatoms. The van der Waals surface area contributed by atoms with E-state index < -0.39 is 6.10 Å². The molecule has 0 fully saturated rings. The van der Waals surface area contributed by atoms with E-state index in [4.69, 9.17) is 11.6 Å². The van der Waals surface area contributed by atoms with Crippen molar-refractivity contribution >= 4 is 28.7 Å². The summed E-state index contributed by atoms with van der Waals surface area (Å²) in [6.07, 6.45) is 0.120. The molecule has 120 valence electrons. The molecule has 1 aromatic heterocycles. The van der Waals surface area contributed by atoms with Gasteiger partial charge in [-0.1, -0.05) is 11.6 Å². The molecule has 2 aromatic rings. The van der Waals surface area contributed by atoms with Crippen molar-refractivity contribution in [2.45, 2.75) is 32.4 Å². The predicted octanol–water partition coefficient (Wildman–Crippen LogP) is 2.69. The minimum Gasteiger partial charge on any atom is -0.393 e. The number of fused-ring (bicyclic) bond motifs is 1. The van der Waals surface area contributed by atoms with Crippen molar-refractivity contribution in [1.82, 2.24) is 20.2 Å². The summed E-state index contributed by atoms with van der Waals surface area (Å²) in [5.41, 5.74) is 1.65. The number of amides is 2. The van der Waals surface area contributed by atoms with Gasteiger partial charge in [0, 0.05) is 18.6 Å². The van der Waals surface area contributed by atoms with E-state index in [1.165, 1.54) is 0 Å². The number of hydrogen-bond donors (Lipinski definition) is 3. The van der Waals surface area contributed by atoms with Crippen LogP contribution in [0, 0.1) is 0 Å². The lowest BCUT2D eigenvalue weighted by Crippen LogP contribution is -2.39. The molecule has 2 rings (SSSR count). The number of carbonyl (C=O) groups excluding carboxylic acids is 1. The molecule has 0 saturated heterocycles. The van der Waals surface area contributed by atoms with Gasteiger partial charge in [-0.05, 0) is 38.5 Å². The van der Waals surface area contributed by atoms with Gasteiger partial charge in [0.2, 0.25) is 0 Å². The van der Waals surface area contributed by atoms with Gasteiger partial charge in [0.25, 0.3) is 0 Å². The zero-order valence-corrected chi connectivity index (χ0v) is 13.7. The first kappa shape index (κ1) is 16.6. The van der Waals surface area contributed by atoms with Crippen molar-refractivity contribution < 1.29 is 9.90 Å². The van der Waals surface area contributed by atoms with Gasteiger partial charge in [-0.25, -0.2) is 9.78 Å². The van der Waals surface area contributed by atoms with Crippen molar-refractivity contribution in [3.05, 3.63) is 29.0 Å². The zero-order valence-electron chi connectivity index (χ0n) is 12.9. The summed E-state index contributed by atoms with van der Waals surface area (Å²) in [4.78, 5) is 21.2. The molecule has 0 radical (unpaired) electrons. The fourth-order valence-corrected chi connectivity index (χ4v) is 2.22. The molecule has 6 nitrogen and oxygen atoms in total. The molecule has 0 aliphatic rings. The molecule has 0 saturated carbocycles. The summed E-state index contributed by atoms with van der Waals surface area (Å²) >= 11 is 5.95. The Morgan fingerprint density at radius 1 is 1.50 bits per heavy atom. The SMILES string of the molecule is C[C@H](O)CCN(C)C(=O)N[C@@H](C)c1nc2ccc(Cl)cc2[nH]1. The number of hydrogen-bond acceptors (Lipinski definition) is 3. The number of rotatable bonds is 5. The van der Waals surface area contributed by atoms with Crippen LogP contribution in [-0.4, -0.2) is 45.7 Å². The summed E-state index contributed by atoms with van der Waals surface area (Å²) in [5, 5.41) is 12.8. The van der Waals surface area contributed by atoms with Crippen LogP contribution in [0.25, 0.3) is 11.0 Å². The molecule has 0 aliphatic heterocycles. The average molecular weight is 325 g/mol. The lowest BCUT2D eigenvalue weighted by atomic mass is 10.3. The van der Waals surface area contributed by atoms with Crippen LogP contribution in [0.5, 0.6) is 0 Å². The number of nitrogens with zero attached hydrogens (tertiary/aromatic N) is 2. The van der Waals surface area contributed by atoms with Gasteiger partial charge in [-0.15, -0.1) is 0 Å². The lowest BCUT2D eigenvalue weighted by molar-refractivity contribution is 0.162. The second kappa shape index (κ2) is 6.98. The standard InChI is InChI=1S/C15H21ClN4O2/c1-9(21)6-7-20(3)15(22)17-10(2)14-18-12-5-4-11(16)8-13(12)19-14/h4-5,8-10,21H,6-7H2,1-3H3,(H,17,22)(H,18,19)/t9-,10-/m0/s1. The summed E-state index contributed by atoms with van der Waals surface area (Å²) in [5.74, 6) is 0.676. The number of aromatic nitrogens is 2. The number of imidazole rings is 1. The highest BCUT2D eigenvalue weighted by atomic mass is 35.5. The highest BCUT2D eigenvalue weighted by molar-refractivity contribution is 6.31. The van der Waals surface area contributed by atoms with E-state index in [0.29, 0.717) is 23.8 Å². The van der Waals surface area contributed by atoms with Gasteiger partial charge in [0.05, 0.1) is 23.2 Å². The van der Waals surface area contributed by atoms with Crippen molar-refractivity contribution in [3.63, 3.8) is 0 Å². The summed E-state index contributed by atoms with van der Waals surface area (Å²) in [6.45, 7) is 4.06. The van der Waals surface area contributed by atoms with Gasteiger partial charge in [-0.2, -0.15) is 0 Å². The van der Waals surface area contributed by atoms with Gasteiger partial charge in [0.15, 0.2) is 0 Å². The fourth-order valence-electron chi connectivity index (χ4n) is 2.05. The monoisotopic (exact) mass is 324 g/mol. The zero-order chi connectivity index (χ0) is 16.3. The summed E-state index contributed by atoms with van der Waals surface area (Å²) in [6, 6.07) is 4.96. The Morgan fingerprint density at radius 2 is 2.23 bits per heavy atom. The Labute approximate surface area is 134 Å². The normalized spacial score (nSPS) is 13.9. The number of nitrogens with one attached hydrogen (secondary N) is 2. The maximum absolute atomic E-state index is 12.1. The number of urea groups is 1. The number of carbonyl (C=O) groups is 1. The number of halogens is 1. The Kier molecular flexibility index (Phi) is 5.26. The molecular weight excluding hydrogens is 304 g/mol. The molecule has 0 unspecified atom stereocenters. The van der Waals surface area contributed by atoms with E-state index in [1.807, 2.05) is 13.0 Å². The summed E-state index contributed by atoms with van der Waals surface area (Å²) in [7, 11) is 1.70. The predicted molar refractivity (Wildman–Crippen MR) is 87.0 cm³/mol. The van der Waals surface area contributed by atoms with E-state index in [1.54, 1.807) is 31.0 Å². The molecule has 2 amide bonds. The van der Waals surface area contributed by atoms with E-state index in [0.717, 1.165) is 11.0 Å². The van der Waals surface area contributed by atoms with Gasteiger partial charge in [-0.3, -0.25) is 0 Å². The van der Waals surface area contributed by atoms with E-state index in [2.05, 4.69) is 15.3 Å². The molecule has 0 bridgehead atoms. The van der Waals surface area contributed by atoms with Crippen molar-refractivity contribution in [2.75, 3.05) is 13.6 Å². The largest absolute Gasteiger partial charge is 0.393 e. The van der Waals surface area contributed by atoms with Crippen LogP contribution >= 0.6 is 11.6 Å². The first-order valence-electron chi connectivity index (χ1n) is 7.21. The molecular formula is C15H21ClN4O2. The number of benzene rings is 1. The van der Waals surface area contributed by atoms with Crippen molar-refractivity contribution in [1.29, 1.82) is 0 Å². The maximum atomic E-state index is 12.1. The summed E-state index contributed by atoms with van der Waals surface area (Å²) < 4.78 is 0. The molecule has 1 heterocycles. The Hall–Kier alpha value is -1.79. The average Bonchev–Trinajstić information content (AvgIpc) is 2.87. The molecule has 2 atom stereocenters. The van der Waals surface area contributed by atoms with Crippen molar-refractivity contribution in [2.24, 2.45) is 0 Å². The molecule has 1 aromatic carbocycles. The van der Waals surface area contributed by atoms with Crippen LogP contribution in [-0.2, 0) is 0 Å². The first-order chi connectivity index (χ1) is 10.4. The minimum absolute atomic E-state index is 0.202. The highest BCUT2D eigenvalue weighted by Crippen LogP contribution is 2.19. The smallest absolute Gasteiger partial charge is 0.317 e. The van der Waals surface area contributed by atoms with Crippen LogP contribution in [0.3, 0.4) is 0 Å². The molecule has 22 heavy (non-hydrogen) atoms. The Morgan fingerprint density at radius 3 is 2.91 bits per heavy atom. The Bertz CT molecular complexity index is 656. The van der Waals surface area contributed by atoms with E-state index in [9.17, 15) is 9.90 Å². The van der Waals surface area contributed by atoms with Gasteiger partial charge >= 0.3 is 6.03 Å². The van der Waals surface area contributed by atoms with Crippen molar-refractivity contribution in [3.8, 4) is 0 Å². The second-order valence-electron chi connectivity index (χ2n) is 5.51. The number of aliphatic hydroxyl groups is 1. The third-order valence-electron chi connectivity index (χ3n) is 3.44.